The molecule has 122 valence electrons. The van der Waals surface area contributed by atoms with Gasteiger partial charge in [0.2, 0.25) is 0 Å². The van der Waals surface area contributed by atoms with E-state index in [1.807, 2.05) is 36.4 Å². The molecular formula is C19H16ClNO3. The molecule has 4 nitrogen and oxygen atoms in total. The third kappa shape index (κ3) is 3.19. The Morgan fingerprint density at radius 3 is 2.62 bits per heavy atom. The van der Waals surface area contributed by atoms with Crippen molar-refractivity contribution in [1.29, 1.82) is 0 Å². The van der Waals surface area contributed by atoms with E-state index in [2.05, 4.69) is 4.98 Å². The number of H-pyrrole nitrogens is 1. The minimum absolute atomic E-state index is 0.198. The molecule has 0 spiro atoms. The van der Waals surface area contributed by atoms with E-state index in [1.54, 1.807) is 12.1 Å². The van der Waals surface area contributed by atoms with Crippen molar-refractivity contribution in [2.24, 2.45) is 0 Å². The minimum Gasteiger partial charge on any atom is -0.469 e. The number of rotatable bonds is 4. The third-order valence-electron chi connectivity index (χ3n) is 3.95. The van der Waals surface area contributed by atoms with Crippen LogP contribution in [0, 0.1) is 0 Å². The zero-order valence-corrected chi connectivity index (χ0v) is 13.9. The average Bonchev–Trinajstić information content (AvgIpc) is 2.59. The molecule has 0 aliphatic heterocycles. The number of aryl methyl sites for hydroxylation is 1. The Kier molecular flexibility index (Phi) is 4.67. The second-order valence-electron chi connectivity index (χ2n) is 5.44. The molecule has 1 N–H and O–H groups in total. The highest BCUT2D eigenvalue weighted by Crippen LogP contribution is 2.28. The maximum atomic E-state index is 12.7. The van der Waals surface area contributed by atoms with Gasteiger partial charge in [-0.2, -0.15) is 0 Å². The largest absolute Gasteiger partial charge is 0.469 e. The molecule has 2 aromatic carbocycles. The number of hydrogen-bond acceptors (Lipinski definition) is 3. The van der Waals surface area contributed by atoms with E-state index in [4.69, 9.17) is 16.3 Å². The predicted octanol–water partition coefficient (Wildman–Crippen LogP) is 3.95. The predicted molar refractivity (Wildman–Crippen MR) is 95.4 cm³/mol. The van der Waals surface area contributed by atoms with Crippen LogP contribution in [-0.2, 0) is 16.0 Å². The molecule has 1 heterocycles. The number of benzene rings is 2. The van der Waals surface area contributed by atoms with Crippen molar-refractivity contribution in [3.8, 4) is 11.1 Å². The maximum absolute atomic E-state index is 12.7. The first kappa shape index (κ1) is 16.3. The lowest BCUT2D eigenvalue weighted by Gasteiger charge is -2.13. The van der Waals surface area contributed by atoms with Crippen molar-refractivity contribution in [1.82, 2.24) is 4.98 Å². The Bertz CT molecular complexity index is 948. The molecule has 0 bridgehead atoms. The summed E-state index contributed by atoms with van der Waals surface area (Å²) in [5.74, 6) is -0.309. The van der Waals surface area contributed by atoms with Gasteiger partial charge in [-0.15, -0.1) is 0 Å². The normalized spacial score (nSPS) is 10.8. The second-order valence-corrected chi connectivity index (χ2v) is 5.88. The highest BCUT2D eigenvalue weighted by atomic mass is 35.5. The fourth-order valence-corrected chi connectivity index (χ4v) is 3.01. The van der Waals surface area contributed by atoms with Gasteiger partial charge in [0.05, 0.1) is 18.2 Å². The first-order valence-electron chi connectivity index (χ1n) is 7.57. The Hall–Kier alpha value is -2.59. The molecule has 3 rings (SSSR count). The number of hydrogen-bond donors (Lipinski definition) is 1. The molecule has 0 unspecified atom stereocenters. The van der Waals surface area contributed by atoms with E-state index in [9.17, 15) is 9.59 Å². The topological polar surface area (TPSA) is 59.2 Å². The van der Waals surface area contributed by atoms with E-state index in [-0.39, 0.29) is 17.9 Å². The number of halogens is 1. The van der Waals surface area contributed by atoms with Crippen molar-refractivity contribution < 1.29 is 9.53 Å². The van der Waals surface area contributed by atoms with Crippen LogP contribution in [0.15, 0.2) is 53.3 Å². The average molecular weight is 342 g/mol. The Morgan fingerprint density at radius 1 is 1.17 bits per heavy atom. The smallest absolute Gasteiger partial charge is 0.305 e. The van der Waals surface area contributed by atoms with Crippen molar-refractivity contribution >= 4 is 28.5 Å². The molecule has 0 fully saturated rings. The van der Waals surface area contributed by atoms with Crippen molar-refractivity contribution in [2.45, 2.75) is 12.8 Å². The van der Waals surface area contributed by atoms with Gasteiger partial charge < -0.3 is 9.72 Å². The lowest BCUT2D eigenvalue weighted by Crippen LogP contribution is -2.14. The molecule has 0 saturated carbocycles. The van der Waals surface area contributed by atoms with Crippen LogP contribution in [0.5, 0.6) is 0 Å². The molecule has 0 atom stereocenters. The zero-order chi connectivity index (χ0) is 17.1. The summed E-state index contributed by atoms with van der Waals surface area (Å²) in [5.41, 5.74) is 2.68. The van der Waals surface area contributed by atoms with Gasteiger partial charge in [0, 0.05) is 16.8 Å². The zero-order valence-electron chi connectivity index (χ0n) is 13.1. The number of esters is 1. The monoisotopic (exact) mass is 341 g/mol. The highest BCUT2D eigenvalue weighted by molar-refractivity contribution is 6.31. The Morgan fingerprint density at radius 2 is 1.92 bits per heavy atom. The summed E-state index contributed by atoms with van der Waals surface area (Å²) >= 11 is 6.03. The van der Waals surface area contributed by atoms with Crippen LogP contribution in [0.4, 0.5) is 0 Å². The summed E-state index contributed by atoms with van der Waals surface area (Å²) in [4.78, 5) is 27.1. The summed E-state index contributed by atoms with van der Waals surface area (Å²) in [6.45, 7) is 0. The minimum atomic E-state index is -0.309. The lowest BCUT2D eigenvalue weighted by molar-refractivity contribution is -0.140. The highest BCUT2D eigenvalue weighted by Gasteiger charge is 2.16. The van der Waals surface area contributed by atoms with E-state index in [0.29, 0.717) is 22.5 Å². The van der Waals surface area contributed by atoms with Crippen LogP contribution in [0.25, 0.3) is 22.0 Å². The van der Waals surface area contributed by atoms with Gasteiger partial charge in [0.15, 0.2) is 0 Å². The van der Waals surface area contributed by atoms with Gasteiger partial charge in [0.1, 0.15) is 0 Å². The van der Waals surface area contributed by atoms with Crippen molar-refractivity contribution in [2.75, 3.05) is 7.11 Å². The summed E-state index contributed by atoms with van der Waals surface area (Å²) in [6.07, 6.45) is 0.621. The van der Waals surface area contributed by atoms with Gasteiger partial charge in [-0.3, -0.25) is 9.59 Å². The molecule has 0 aliphatic rings. The first-order valence-corrected chi connectivity index (χ1v) is 7.94. The number of ether oxygens (including phenoxy) is 1. The Balaban J connectivity index is 2.25. The first-order chi connectivity index (χ1) is 11.6. The molecule has 1 aromatic heterocycles. The molecule has 0 saturated heterocycles. The molecule has 3 aromatic rings. The molecule has 5 heteroatoms. The van der Waals surface area contributed by atoms with E-state index in [1.165, 1.54) is 7.11 Å². The molecular weight excluding hydrogens is 326 g/mol. The summed E-state index contributed by atoms with van der Waals surface area (Å²) in [6, 6.07) is 14.8. The van der Waals surface area contributed by atoms with E-state index in [0.717, 1.165) is 16.5 Å². The summed E-state index contributed by atoms with van der Waals surface area (Å²) in [5, 5.41) is 1.42. The molecule has 0 radical (unpaired) electrons. The number of pyridine rings is 1. The van der Waals surface area contributed by atoms with E-state index >= 15 is 0 Å². The Labute approximate surface area is 144 Å². The summed E-state index contributed by atoms with van der Waals surface area (Å²) in [7, 11) is 1.36. The van der Waals surface area contributed by atoms with Crippen LogP contribution in [0.3, 0.4) is 0 Å². The van der Waals surface area contributed by atoms with Gasteiger partial charge >= 0.3 is 5.97 Å². The van der Waals surface area contributed by atoms with Crippen LogP contribution in [0.2, 0.25) is 5.02 Å². The number of methoxy groups -OCH3 is 1. The lowest BCUT2D eigenvalue weighted by atomic mass is 9.94. The number of fused-ring (bicyclic) bond motifs is 1. The number of aromatic amines is 1. The van der Waals surface area contributed by atoms with Crippen molar-refractivity contribution in [3.63, 3.8) is 0 Å². The van der Waals surface area contributed by atoms with Crippen molar-refractivity contribution in [3.05, 3.63) is 69.5 Å². The number of carbonyl (C=O) groups is 1. The number of carbonyl (C=O) groups excluding carboxylic acids is 1. The molecule has 0 aliphatic carbocycles. The second kappa shape index (κ2) is 6.89. The van der Waals surface area contributed by atoms with Gasteiger partial charge in [-0.1, -0.05) is 48.0 Å². The fraction of sp³-hybridized carbons (Fsp3) is 0.158. The molecule has 24 heavy (non-hydrogen) atoms. The van der Waals surface area contributed by atoms with Crippen LogP contribution < -0.4 is 5.56 Å². The quantitative estimate of drug-likeness (QED) is 0.731. The van der Waals surface area contributed by atoms with Gasteiger partial charge in [0.25, 0.3) is 5.56 Å². The standard InChI is InChI=1S/C19H16ClNO3/c1-24-17(22)10-9-15-14-8-7-13(20)11-16(14)21-19(23)18(15)12-5-3-2-4-6-12/h2-8,11H,9-10H2,1H3,(H,21,23). The van der Waals surface area contributed by atoms with Gasteiger partial charge in [-0.25, -0.2) is 0 Å². The number of aromatic nitrogens is 1. The summed E-state index contributed by atoms with van der Waals surface area (Å²) < 4.78 is 4.73. The van der Waals surface area contributed by atoms with Crippen LogP contribution >= 0.6 is 11.6 Å². The van der Waals surface area contributed by atoms with Crippen LogP contribution in [-0.4, -0.2) is 18.1 Å². The fourth-order valence-electron chi connectivity index (χ4n) is 2.84. The van der Waals surface area contributed by atoms with E-state index < -0.39 is 0 Å². The molecule has 0 amide bonds. The van der Waals surface area contributed by atoms with Gasteiger partial charge in [-0.05, 0) is 29.7 Å². The maximum Gasteiger partial charge on any atom is 0.305 e. The number of nitrogens with one attached hydrogen (secondary N) is 1. The SMILES string of the molecule is COC(=O)CCc1c(-c2ccccc2)c(=O)[nH]c2cc(Cl)ccc12. The van der Waals surface area contributed by atoms with Crippen LogP contribution in [0.1, 0.15) is 12.0 Å². The third-order valence-corrected chi connectivity index (χ3v) is 4.19.